The molecule has 2 atom stereocenters. The summed E-state index contributed by atoms with van der Waals surface area (Å²) in [7, 11) is -4.09. The summed E-state index contributed by atoms with van der Waals surface area (Å²) in [5.41, 5.74) is -2.18. The van der Waals surface area contributed by atoms with Crippen LogP contribution in [0.4, 0.5) is 4.39 Å². The van der Waals surface area contributed by atoms with E-state index in [0.717, 1.165) is 16.6 Å². The number of rotatable bonds is 6. The highest BCUT2D eigenvalue weighted by molar-refractivity contribution is 7.89. The first-order chi connectivity index (χ1) is 14.1. The lowest BCUT2D eigenvalue weighted by molar-refractivity contribution is -0.0452. The molecule has 0 unspecified atom stereocenters. The molecule has 0 aliphatic carbocycles. The number of nitrogens with zero attached hydrogens (tertiary/aromatic N) is 3. The fourth-order valence-corrected chi connectivity index (χ4v) is 5.38. The van der Waals surface area contributed by atoms with Crippen molar-refractivity contribution in [1.29, 1.82) is 5.26 Å². The third-order valence-corrected chi connectivity index (χ3v) is 7.32. The van der Waals surface area contributed by atoms with Crippen LogP contribution in [-0.2, 0) is 10.0 Å². The minimum absolute atomic E-state index is 0.00570. The van der Waals surface area contributed by atoms with Gasteiger partial charge in [-0.25, -0.2) is 17.8 Å². The van der Waals surface area contributed by atoms with Crippen molar-refractivity contribution < 1.29 is 27.8 Å². The monoisotopic (exact) mass is 475 g/mol. The van der Waals surface area contributed by atoms with E-state index in [0.29, 0.717) is 0 Å². The smallest absolute Gasteiger partial charge is 0.244 e. The van der Waals surface area contributed by atoms with Crippen molar-refractivity contribution in [3.63, 3.8) is 0 Å². The molecule has 0 amide bonds. The van der Waals surface area contributed by atoms with Gasteiger partial charge in [-0.15, -0.1) is 0 Å². The highest BCUT2D eigenvalue weighted by Gasteiger charge is 2.49. The molecular formula is C18H16Cl2FN3O5S. The number of hydrogen-bond donors (Lipinski definition) is 2. The summed E-state index contributed by atoms with van der Waals surface area (Å²) in [4.78, 5) is 3.42. The van der Waals surface area contributed by atoms with Crippen LogP contribution < -0.4 is 4.74 Å². The summed E-state index contributed by atoms with van der Waals surface area (Å²) < 4.78 is 46.1. The van der Waals surface area contributed by atoms with E-state index in [1.807, 2.05) is 0 Å². The maximum atomic E-state index is 13.7. The molecule has 2 heterocycles. The Kier molecular flexibility index (Phi) is 6.52. The molecule has 1 aromatic carbocycles. The average molecular weight is 476 g/mol. The van der Waals surface area contributed by atoms with Crippen LogP contribution in [0.5, 0.6) is 5.75 Å². The van der Waals surface area contributed by atoms with Crippen LogP contribution in [0.2, 0.25) is 10.0 Å². The average Bonchev–Trinajstić information content (AvgIpc) is 3.04. The number of benzene rings is 1. The van der Waals surface area contributed by atoms with Gasteiger partial charge >= 0.3 is 0 Å². The van der Waals surface area contributed by atoms with Gasteiger partial charge in [-0.1, -0.05) is 23.2 Å². The van der Waals surface area contributed by atoms with E-state index in [2.05, 4.69) is 4.98 Å². The molecule has 0 spiro atoms. The summed E-state index contributed by atoms with van der Waals surface area (Å²) >= 11 is 11.8. The molecule has 1 aliphatic rings. The van der Waals surface area contributed by atoms with Gasteiger partial charge in [0.25, 0.3) is 0 Å². The first-order valence-electron chi connectivity index (χ1n) is 8.57. The Balaban J connectivity index is 1.80. The molecule has 30 heavy (non-hydrogen) atoms. The lowest BCUT2D eigenvalue weighted by atomic mass is 9.92. The molecule has 160 valence electrons. The third kappa shape index (κ3) is 4.37. The van der Waals surface area contributed by atoms with Gasteiger partial charge in [0.2, 0.25) is 10.0 Å². The number of β-amino-alcohol motifs (C(OH)–C–C–N with tert-alkyl or cyclic N) is 1. The van der Waals surface area contributed by atoms with E-state index in [-0.39, 0.29) is 33.8 Å². The molecule has 3 rings (SSSR count). The minimum Gasteiger partial charge on any atom is -0.491 e. The largest absolute Gasteiger partial charge is 0.491 e. The molecule has 1 aromatic heterocycles. The van der Waals surface area contributed by atoms with Gasteiger partial charge in [0.15, 0.2) is 11.5 Å². The van der Waals surface area contributed by atoms with Crippen LogP contribution in [0.1, 0.15) is 5.69 Å². The minimum atomic E-state index is -4.09. The van der Waals surface area contributed by atoms with E-state index in [9.17, 15) is 23.0 Å². The molecule has 0 bridgehead atoms. The molecule has 2 N–H and O–H groups in total. The predicted molar refractivity (Wildman–Crippen MR) is 105 cm³/mol. The number of sulfonamides is 1. The Labute approximate surface area is 182 Å². The Morgan fingerprint density at radius 2 is 2.13 bits per heavy atom. The fourth-order valence-electron chi connectivity index (χ4n) is 3.09. The van der Waals surface area contributed by atoms with Gasteiger partial charge in [0.05, 0.1) is 24.4 Å². The van der Waals surface area contributed by atoms with Crippen molar-refractivity contribution in [2.75, 3.05) is 26.3 Å². The molecule has 12 heteroatoms. The quantitative estimate of drug-likeness (QED) is 0.652. The van der Waals surface area contributed by atoms with Gasteiger partial charge in [0.1, 0.15) is 22.3 Å². The summed E-state index contributed by atoms with van der Waals surface area (Å²) in [5.74, 6) is -1.71. The Hall–Kier alpha value is -2.00. The number of halogens is 3. The highest BCUT2D eigenvalue weighted by atomic mass is 35.5. The topological polar surface area (TPSA) is 124 Å². The molecule has 2 aromatic rings. The van der Waals surface area contributed by atoms with Gasteiger partial charge in [-0.2, -0.15) is 9.57 Å². The summed E-state index contributed by atoms with van der Waals surface area (Å²) in [5, 5.41) is 29.3. The van der Waals surface area contributed by atoms with Gasteiger partial charge in [0, 0.05) is 30.1 Å². The summed E-state index contributed by atoms with van der Waals surface area (Å²) in [6.07, 6.45) is 1.14. The van der Waals surface area contributed by atoms with Crippen LogP contribution in [0, 0.1) is 23.1 Å². The summed E-state index contributed by atoms with van der Waals surface area (Å²) in [6.45, 7) is -1.52. The Morgan fingerprint density at radius 3 is 2.73 bits per heavy atom. The van der Waals surface area contributed by atoms with Crippen LogP contribution in [0.25, 0.3) is 0 Å². The number of hydrogen-bond acceptors (Lipinski definition) is 7. The van der Waals surface area contributed by atoms with Gasteiger partial charge in [-0.05, 0) is 18.2 Å². The van der Waals surface area contributed by atoms with Crippen molar-refractivity contribution in [3.05, 3.63) is 52.0 Å². The third-order valence-electron chi connectivity index (χ3n) is 4.79. The molecule has 1 fully saturated rings. The predicted octanol–water partition coefficient (Wildman–Crippen LogP) is 1.82. The first kappa shape index (κ1) is 22.7. The number of nitriles is 1. The normalized spacial score (nSPS) is 22.1. The van der Waals surface area contributed by atoms with Crippen LogP contribution in [0.15, 0.2) is 35.4 Å². The Bertz CT molecular complexity index is 1110. The van der Waals surface area contributed by atoms with Crippen molar-refractivity contribution >= 4 is 33.2 Å². The molecular weight excluding hydrogens is 460 g/mol. The molecule has 0 saturated carbocycles. The van der Waals surface area contributed by atoms with Crippen molar-refractivity contribution in [2.24, 2.45) is 5.92 Å². The fraction of sp³-hybridized carbons (Fsp3) is 0.333. The number of pyridine rings is 1. The maximum Gasteiger partial charge on any atom is 0.244 e. The zero-order valence-corrected chi connectivity index (χ0v) is 17.6. The van der Waals surface area contributed by atoms with Crippen LogP contribution in [0.3, 0.4) is 0 Å². The zero-order chi connectivity index (χ0) is 22.1. The SMILES string of the molecule is N#Cc1ncc(OC[C@H]2CN(S(=O)(=O)c3ccc(Cl)cc3Cl)C[C@@]2(O)CO)cc1F. The summed E-state index contributed by atoms with van der Waals surface area (Å²) in [6, 6.07) is 6.46. The van der Waals surface area contributed by atoms with Crippen LogP contribution >= 0.6 is 23.2 Å². The number of aromatic nitrogens is 1. The molecule has 8 nitrogen and oxygen atoms in total. The lowest BCUT2D eigenvalue weighted by Crippen LogP contribution is -2.44. The first-order valence-corrected chi connectivity index (χ1v) is 10.8. The highest BCUT2D eigenvalue weighted by Crippen LogP contribution is 2.35. The van der Waals surface area contributed by atoms with E-state index in [4.69, 9.17) is 33.2 Å². The second-order valence-electron chi connectivity index (χ2n) is 6.76. The van der Waals surface area contributed by atoms with Gasteiger partial charge in [-0.3, -0.25) is 0 Å². The molecule has 0 radical (unpaired) electrons. The van der Waals surface area contributed by atoms with Crippen molar-refractivity contribution in [3.8, 4) is 11.8 Å². The van der Waals surface area contributed by atoms with E-state index in [1.54, 1.807) is 6.07 Å². The van der Waals surface area contributed by atoms with Crippen molar-refractivity contribution in [1.82, 2.24) is 9.29 Å². The second-order valence-corrected chi connectivity index (χ2v) is 9.51. The lowest BCUT2D eigenvalue weighted by Gasteiger charge is -2.26. The Morgan fingerprint density at radius 1 is 1.40 bits per heavy atom. The number of aliphatic hydroxyl groups excluding tert-OH is 1. The zero-order valence-electron chi connectivity index (χ0n) is 15.3. The van der Waals surface area contributed by atoms with Crippen LogP contribution in [-0.4, -0.2) is 59.8 Å². The maximum absolute atomic E-state index is 13.7. The standard InChI is InChI=1S/C18H16Cl2FN3O5S/c19-12-1-2-17(14(20)3-12)30(27,28)24-7-11(18(26,9-24)10-25)8-29-13-4-15(21)16(5-22)23-6-13/h1-4,6,11,25-26H,7-10H2/t11-,18-/m1/s1. The molecule has 1 aliphatic heterocycles. The van der Waals surface area contributed by atoms with Crippen molar-refractivity contribution in [2.45, 2.75) is 10.5 Å². The van der Waals surface area contributed by atoms with E-state index in [1.165, 1.54) is 18.2 Å². The second kappa shape index (κ2) is 8.63. The van der Waals surface area contributed by atoms with Gasteiger partial charge < -0.3 is 14.9 Å². The number of ether oxygens (including phenoxy) is 1. The number of aliphatic hydroxyl groups is 2. The molecule has 1 saturated heterocycles. The van der Waals surface area contributed by atoms with E-state index < -0.39 is 46.2 Å². The van der Waals surface area contributed by atoms with E-state index >= 15 is 0 Å².